The number of rotatable bonds is 8. The van der Waals surface area contributed by atoms with Gasteiger partial charge in [-0.25, -0.2) is 0 Å². The Labute approximate surface area is 207 Å². The van der Waals surface area contributed by atoms with Gasteiger partial charge in [0.1, 0.15) is 5.75 Å². The van der Waals surface area contributed by atoms with Crippen molar-refractivity contribution in [1.82, 2.24) is 25.7 Å². The van der Waals surface area contributed by atoms with Gasteiger partial charge in [-0.3, -0.25) is 4.79 Å². The van der Waals surface area contributed by atoms with E-state index >= 15 is 0 Å². The highest BCUT2D eigenvalue weighted by atomic mass is 16.5. The monoisotopic (exact) mass is 482 g/mol. The summed E-state index contributed by atoms with van der Waals surface area (Å²) in [7, 11) is 1.64. The molecule has 4 heterocycles. The molecular formula is C26H38N6O3. The summed E-state index contributed by atoms with van der Waals surface area (Å²) in [6.45, 7) is 8.09. The van der Waals surface area contributed by atoms with Gasteiger partial charge >= 0.3 is 6.01 Å². The van der Waals surface area contributed by atoms with Crippen LogP contribution in [0, 0.1) is 17.8 Å². The minimum atomic E-state index is 0.0565. The number of methoxy groups -OCH3 is 1. The van der Waals surface area contributed by atoms with Crippen LogP contribution in [-0.2, 0) is 4.79 Å². The van der Waals surface area contributed by atoms with Crippen LogP contribution in [0.5, 0.6) is 5.75 Å². The SMILES string of the molecule is COc1ccc(-c2noc(N3CCC(C(=O)NCC4CCN(C[C@@H]5CCCNC5)C4)CC3)n2)cc1. The number of ether oxygens (including phenoxy) is 1. The molecule has 3 fully saturated rings. The van der Waals surface area contributed by atoms with Gasteiger partial charge < -0.3 is 29.7 Å². The van der Waals surface area contributed by atoms with Crippen LogP contribution < -0.4 is 20.3 Å². The van der Waals surface area contributed by atoms with Crippen molar-refractivity contribution in [3.63, 3.8) is 0 Å². The van der Waals surface area contributed by atoms with Crippen LogP contribution in [0.15, 0.2) is 28.8 Å². The Bertz CT molecular complexity index is 950. The highest BCUT2D eigenvalue weighted by molar-refractivity contribution is 5.79. The number of carbonyl (C=O) groups excluding carboxylic acids is 1. The third-order valence-electron chi connectivity index (χ3n) is 7.75. The van der Waals surface area contributed by atoms with E-state index in [0.29, 0.717) is 17.8 Å². The predicted octanol–water partition coefficient (Wildman–Crippen LogP) is 2.40. The number of carbonyl (C=O) groups is 1. The molecule has 3 aliphatic heterocycles. The second-order valence-electron chi connectivity index (χ2n) is 10.3. The van der Waals surface area contributed by atoms with E-state index < -0.39 is 0 Å². The summed E-state index contributed by atoms with van der Waals surface area (Å²) in [5, 5.41) is 10.9. The molecular weight excluding hydrogens is 444 g/mol. The Hall–Kier alpha value is -2.65. The zero-order chi connectivity index (χ0) is 24.0. The van der Waals surface area contributed by atoms with Gasteiger partial charge in [0, 0.05) is 44.2 Å². The number of anilines is 1. The fourth-order valence-corrected chi connectivity index (χ4v) is 5.61. The van der Waals surface area contributed by atoms with E-state index in [0.717, 1.165) is 69.3 Å². The molecule has 9 heteroatoms. The standard InChI is InChI=1S/C26H38N6O3/c1-34-23-6-4-21(5-7-23)24-29-26(35-30-24)32-13-9-22(10-14-32)25(33)28-16-20-8-12-31(18-20)17-19-3-2-11-27-15-19/h4-7,19-20,22,27H,2-3,8-18H2,1H3,(H,28,33)/t19-,20?/m1/s1. The Balaban J connectivity index is 1.03. The number of nitrogens with zero attached hydrogens (tertiary/aromatic N) is 4. The van der Waals surface area contributed by atoms with Crippen molar-refractivity contribution in [2.45, 2.75) is 32.1 Å². The largest absolute Gasteiger partial charge is 0.497 e. The van der Waals surface area contributed by atoms with Gasteiger partial charge in [-0.2, -0.15) is 4.98 Å². The number of benzene rings is 1. The molecule has 1 aromatic carbocycles. The molecule has 35 heavy (non-hydrogen) atoms. The number of aromatic nitrogens is 2. The van der Waals surface area contributed by atoms with Gasteiger partial charge in [0.25, 0.3) is 0 Å². The van der Waals surface area contributed by atoms with E-state index in [1.54, 1.807) is 7.11 Å². The maximum absolute atomic E-state index is 12.8. The molecule has 1 aromatic heterocycles. The predicted molar refractivity (Wildman–Crippen MR) is 134 cm³/mol. The summed E-state index contributed by atoms with van der Waals surface area (Å²) in [6, 6.07) is 8.12. The van der Waals surface area contributed by atoms with Gasteiger partial charge in [0.2, 0.25) is 11.7 Å². The number of likely N-dealkylation sites (tertiary alicyclic amines) is 1. The average Bonchev–Trinajstić information content (AvgIpc) is 3.58. The van der Waals surface area contributed by atoms with Crippen LogP contribution in [0.4, 0.5) is 6.01 Å². The molecule has 2 atom stereocenters. The molecule has 9 nitrogen and oxygen atoms in total. The highest BCUT2D eigenvalue weighted by Gasteiger charge is 2.29. The molecule has 0 bridgehead atoms. The summed E-state index contributed by atoms with van der Waals surface area (Å²) in [5.41, 5.74) is 0.885. The summed E-state index contributed by atoms with van der Waals surface area (Å²) in [5.74, 6) is 2.97. The number of piperidine rings is 2. The summed E-state index contributed by atoms with van der Waals surface area (Å²) in [6.07, 6.45) is 5.44. The minimum Gasteiger partial charge on any atom is -0.497 e. The lowest BCUT2D eigenvalue weighted by Gasteiger charge is -2.30. The van der Waals surface area contributed by atoms with E-state index in [1.165, 1.54) is 32.4 Å². The topological polar surface area (TPSA) is 95.8 Å². The van der Waals surface area contributed by atoms with Crippen molar-refractivity contribution in [3.8, 4) is 17.1 Å². The normalized spacial score (nSPS) is 24.0. The molecule has 190 valence electrons. The lowest BCUT2D eigenvalue weighted by atomic mass is 9.96. The number of hydrogen-bond donors (Lipinski definition) is 2. The highest BCUT2D eigenvalue weighted by Crippen LogP contribution is 2.26. The quantitative estimate of drug-likeness (QED) is 0.592. The Morgan fingerprint density at radius 2 is 1.97 bits per heavy atom. The van der Waals surface area contributed by atoms with Gasteiger partial charge in [-0.1, -0.05) is 5.16 Å². The van der Waals surface area contributed by atoms with Crippen LogP contribution in [-0.4, -0.2) is 80.4 Å². The Morgan fingerprint density at radius 1 is 1.14 bits per heavy atom. The first-order valence-electron chi connectivity index (χ1n) is 13.1. The molecule has 0 radical (unpaired) electrons. The van der Waals surface area contributed by atoms with Crippen molar-refractivity contribution < 1.29 is 14.1 Å². The van der Waals surface area contributed by atoms with Gasteiger partial charge in [0.05, 0.1) is 7.11 Å². The van der Waals surface area contributed by atoms with Gasteiger partial charge in [-0.15, -0.1) is 0 Å². The first kappa shape index (κ1) is 24.1. The molecule has 3 aliphatic rings. The second kappa shape index (κ2) is 11.4. The average molecular weight is 483 g/mol. The van der Waals surface area contributed by atoms with Gasteiger partial charge in [0.15, 0.2) is 0 Å². The summed E-state index contributed by atoms with van der Waals surface area (Å²) < 4.78 is 10.7. The molecule has 0 saturated carbocycles. The third kappa shape index (κ3) is 6.13. The van der Waals surface area contributed by atoms with E-state index in [4.69, 9.17) is 9.26 Å². The summed E-state index contributed by atoms with van der Waals surface area (Å²) in [4.78, 5) is 22.1. The fourth-order valence-electron chi connectivity index (χ4n) is 5.61. The maximum Gasteiger partial charge on any atom is 0.324 e. The molecule has 0 spiro atoms. The smallest absolute Gasteiger partial charge is 0.324 e. The van der Waals surface area contributed by atoms with Crippen LogP contribution in [0.3, 0.4) is 0 Å². The van der Waals surface area contributed by atoms with Crippen molar-refractivity contribution >= 4 is 11.9 Å². The molecule has 3 saturated heterocycles. The molecule has 1 amide bonds. The fraction of sp³-hybridized carbons (Fsp3) is 0.654. The van der Waals surface area contributed by atoms with Crippen LogP contribution in [0.2, 0.25) is 0 Å². The molecule has 2 N–H and O–H groups in total. The molecule has 1 unspecified atom stereocenters. The van der Waals surface area contributed by atoms with Crippen molar-refractivity contribution in [3.05, 3.63) is 24.3 Å². The lowest BCUT2D eigenvalue weighted by Crippen LogP contribution is -2.42. The first-order valence-corrected chi connectivity index (χ1v) is 13.1. The van der Waals surface area contributed by atoms with Crippen molar-refractivity contribution in [2.75, 3.05) is 64.4 Å². The van der Waals surface area contributed by atoms with Crippen LogP contribution in [0.25, 0.3) is 11.4 Å². The van der Waals surface area contributed by atoms with Crippen LogP contribution >= 0.6 is 0 Å². The number of amides is 1. The summed E-state index contributed by atoms with van der Waals surface area (Å²) >= 11 is 0. The zero-order valence-electron chi connectivity index (χ0n) is 20.7. The third-order valence-corrected chi connectivity index (χ3v) is 7.75. The van der Waals surface area contributed by atoms with E-state index in [9.17, 15) is 4.79 Å². The van der Waals surface area contributed by atoms with Gasteiger partial charge in [-0.05, 0) is 87.8 Å². The maximum atomic E-state index is 12.8. The molecule has 5 rings (SSSR count). The number of hydrogen-bond acceptors (Lipinski definition) is 8. The zero-order valence-corrected chi connectivity index (χ0v) is 20.7. The number of nitrogens with one attached hydrogen (secondary N) is 2. The van der Waals surface area contributed by atoms with E-state index in [2.05, 4.69) is 30.6 Å². The Kier molecular flexibility index (Phi) is 7.83. The van der Waals surface area contributed by atoms with Crippen LogP contribution in [0.1, 0.15) is 32.1 Å². The van der Waals surface area contributed by atoms with E-state index in [-0.39, 0.29) is 11.8 Å². The molecule has 0 aliphatic carbocycles. The minimum absolute atomic E-state index is 0.0565. The van der Waals surface area contributed by atoms with E-state index in [1.807, 2.05) is 24.3 Å². The molecule has 2 aromatic rings. The lowest BCUT2D eigenvalue weighted by molar-refractivity contribution is -0.125. The second-order valence-corrected chi connectivity index (χ2v) is 10.3. The Morgan fingerprint density at radius 3 is 2.71 bits per heavy atom. The first-order chi connectivity index (χ1) is 17.2. The van der Waals surface area contributed by atoms with Crippen molar-refractivity contribution in [1.29, 1.82) is 0 Å². The van der Waals surface area contributed by atoms with Crippen molar-refractivity contribution in [2.24, 2.45) is 17.8 Å².